The van der Waals surface area contributed by atoms with Crippen molar-refractivity contribution in [3.05, 3.63) is 53.4 Å². The number of ether oxygens (including phenoxy) is 1. The number of hydrogen-bond donors (Lipinski definition) is 1. The van der Waals surface area contributed by atoms with Gasteiger partial charge in [-0.15, -0.1) is 11.3 Å². The number of nitrogens with one attached hydrogen (secondary N) is 1. The summed E-state index contributed by atoms with van der Waals surface area (Å²) in [6, 6.07) is 14.9. The molecule has 0 amide bonds. The van der Waals surface area contributed by atoms with E-state index in [1.54, 1.807) is 0 Å². The largest absolute Gasteiger partial charge is 0.373 e. The molecule has 2 aliphatic rings. The van der Waals surface area contributed by atoms with E-state index in [-0.39, 0.29) is 6.10 Å². The second-order valence-corrected chi connectivity index (χ2v) is 8.30. The average Bonchev–Trinajstić information content (AvgIpc) is 3.44. The molecule has 1 N–H and O–H groups in total. The van der Waals surface area contributed by atoms with E-state index in [4.69, 9.17) is 9.73 Å². The third-order valence-electron chi connectivity index (χ3n) is 5.55. The van der Waals surface area contributed by atoms with Gasteiger partial charge in [-0.25, -0.2) is 0 Å². The Labute approximate surface area is 172 Å². The molecule has 0 bridgehead atoms. The first kappa shape index (κ1) is 19.3. The number of guanidine groups is 1. The highest BCUT2D eigenvalue weighted by Crippen LogP contribution is 2.34. The fourth-order valence-corrected chi connectivity index (χ4v) is 4.84. The second-order valence-electron chi connectivity index (χ2n) is 7.37. The molecule has 4 rings (SSSR count). The Hall–Kier alpha value is -2.05. The van der Waals surface area contributed by atoms with Crippen molar-refractivity contribution in [1.82, 2.24) is 10.2 Å². The van der Waals surface area contributed by atoms with Crippen LogP contribution in [0, 0.1) is 5.92 Å². The summed E-state index contributed by atoms with van der Waals surface area (Å²) in [5, 5.41) is 7.02. The molecular formula is C22H30N4OS. The minimum Gasteiger partial charge on any atom is -0.373 e. The molecule has 2 aromatic rings. The van der Waals surface area contributed by atoms with Gasteiger partial charge in [0.05, 0.1) is 11.1 Å². The Morgan fingerprint density at radius 2 is 1.96 bits per heavy atom. The molecule has 0 spiro atoms. The Bertz CT molecular complexity index is 741. The summed E-state index contributed by atoms with van der Waals surface area (Å²) in [6.45, 7) is 8.78. The third kappa shape index (κ3) is 4.50. The summed E-state index contributed by atoms with van der Waals surface area (Å²) in [5.41, 5.74) is 1.27. The fraction of sp³-hybridized carbons (Fsp3) is 0.500. The quantitative estimate of drug-likeness (QED) is 0.617. The molecule has 0 aliphatic carbocycles. The van der Waals surface area contributed by atoms with Gasteiger partial charge in [-0.05, 0) is 36.4 Å². The topological polar surface area (TPSA) is 40.1 Å². The minimum atomic E-state index is 0.170. The predicted octanol–water partition coefficient (Wildman–Crippen LogP) is 3.61. The summed E-state index contributed by atoms with van der Waals surface area (Å²) in [6.07, 6.45) is 1.25. The van der Waals surface area contributed by atoms with Crippen molar-refractivity contribution in [3.63, 3.8) is 0 Å². The first-order valence-corrected chi connectivity index (χ1v) is 11.2. The lowest BCUT2D eigenvalue weighted by atomic mass is 9.95. The highest BCUT2D eigenvalue weighted by Gasteiger charge is 2.30. The van der Waals surface area contributed by atoms with Gasteiger partial charge >= 0.3 is 0 Å². The molecular weight excluding hydrogens is 368 g/mol. The van der Waals surface area contributed by atoms with Crippen LogP contribution in [-0.4, -0.2) is 56.7 Å². The van der Waals surface area contributed by atoms with Crippen LogP contribution in [0.3, 0.4) is 0 Å². The maximum absolute atomic E-state index is 6.04. The zero-order valence-corrected chi connectivity index (χ0v) is 17.4. The van der Waals surface area contributed by atoms with E-state index in [1.807, 2.05) is 11.3 Å². The van der Waals surface area contributed by atoms with Gasteiger partial charge in [0.1, 0.15) is 0 Å². The van der Waals surface area contributed by atoms with Crippen molar-refractivity contribution >= 4 is 22.3 Å². The molecule has 2 atom stereocenters. The molecule has 5 nitrogen and oxygen atoms in total. The Balaban J connectivity index is 1.38. The summed E-state index contributed by atoms with van der Waals surface area (Å²) >= 11 is 1.82. The van der Waals surface area contributed by atoms with Crippen LogP contribution in [0.4, 0.5) is 5.00 Å². The minimum absolute atomic E-state index is 0.170. The van der Waals surface area contributed by atoms with E-state index < -0.39 is 0 Å². The van der Waals surface area contributed by atoms with Crippen molar-refractivity contribution in [1.29, 1.82) is 0 Å². The number of nitrogens with zero attached hydrogens (tertiary/aromatic N) is 3. The third-order valence-corrected chi connectivity index (χ3v) is 6.48. The van der Waals surface area contributed by atoms with Gasteiger partial charge < -0.3 is 19.9 Å². The molecule has 1 aromatic heterocycles. The normalized spacial score (nSPS) is 23.2. The molecule has 1 aromatic carbocycles. The van der Waals surface area contributed by atoms with Gasteiger partial charge in [0.15, 0.2) is 5.96 Å². The van der Waals surface area contributed by atoms with Gasteiger partial charge in [-0.2, -0.15) is 0 Å². The molecule has 2 aliphatic heterocycles. The van der Waals surface area contributed by atoms with Crippen LogP contribution in [0.1, 0.15) is 25.0 Å². The summed E-state index contributed by atoms with van der Waals surface area (Å²) in [4.78, 5) is 9.90. The maximum atomic E-state index is 6.04. The predicted molar refractivity (Wildman–Crippen MR) is 117 cm³/mol. The molecule has 3 heterocycles. The van der Waals surface area contributed by atoms with Gasteiger partial charge in [0.25, 0.3) is 0 Å². The van der Waals surface area contributed by atoms with Crippen molar-refractivity contribution in [2.45, 2.75) is 19.4 Å². The molecule has 6 heteroatoms. The number of benzene rings is 1. The van der Waals surface area contributed by atoms with E-state index in [0.717, 1.165) is 58.3 Å². The van der Waals surface area contributed by atoms with Gasteiger partial charge in [0.2, 0.25) is 0 Å². The van der Waals surface area contributed by atoms with Crippen LogP contribution in [-0.2, 0) is 4.74 Å². The number of thiophene rings is 1. The lowest BCUT2D eigenvalue weighted by Gasteiger charge is -2.37. The van der Waals surface area contributed by atoms with Crippen molar-refractivity contribution in [2.24, 2.45) is 10.9 Å². The molecule has 2 unspecified atom stereocenters. The SMILES string of the molecule is CCNC(=NCC1CCOC1c1ccccc1)N1CCN(c2cccs2)CC1. The van der Waals surface area contributed by atoms with E-state index in [2.05, 4.69) is 69.9 Å². The van der Waals surface area contributed by atoms with Crippen LogP contribution in [0.25, 0.3) is 0 Å². The Kier molecular flexibility index (Phi) is 6.49. The second kappa shape index (κ2) is 9.43. The first-order valence-electron chi connectivity index (χ1n) is 10.3. The zero-order valence-electron chi connectivity index (χ0n) is 16.6. The smallest absolute Gasteiger partial charge is 0.194 e. The van der Waals surface area contributed by atoms with Crippen LogP contribution >= 0.6 is 11.3 Å². The van der Waals surface area contributed by atoms with E-state index in [1.165, 1.54) is 10.6 Å². The van der Waals surface area contributed by atoms with Gasteiger partial charge in [0, 0.05) is 51.8 Å². The van der Waals surface area contributed by atoms with Crippen LogP contribution in [0.15, 0.2) is 52.8 Å². The average molecular weight is 399 g/mol. The van der Waals surface area contributed by atoms with E-state index in [9.17, 15) is 0 Å². The molecule has 2 fully saturated rings. The number of piperazine rings is 1. The molecule has 0 saturated carbocycles. The van der Waals surface area contributed by atoms with Gasteiger partial charge in [-0.3, -0.25) is 4.99 Å². The van der Waals surface area contributed by atoms with Crippen LogP contribution in [0.5, 0.6) is 0 Å². The maximum Gasteiger partial charge on any atom is 0.194 e. The number of rotatable bonds is 5. The highest BCUT2D eigenvalue weighted by molar-refractivity contribution is 7.14. The summed E-state index contributed by atoms with van der Waals surface area (Å²) in [5.74, 6) is 1.50. The molecule has 28 heavy (non-hydrogen) atoms. The summed E-state index contributed by atoms with van der Waals surface area (Å²) < 4.78 is 6.04. The lowest BCUT2D eigenvalue weighted by Crippen LogP contribution is -2.52. The lowest BCUT2D eigenvalue weighted by molar-refractivity contribution is 0.0925. The Morgan fingerprint density at radius 1 is 1.14 bits per heavy atom. The number of hydrogen-bond acceptors (Lipinski definition) is 4. The summed E-state index contributed by atoms with van der Waals surface area (Å²) in [7, 11) is 0. The molecule has 0 radical (unpaired) electrons. The van der Waals surface area contributed by atoms with E-state index >= 15 is 0 Å². The zero-order chi connectivity index (χ0) is 19.2. The van der Waals surface area contributed by atoms with Crippen molar-refractivity contribution in [2.75, 3.05) is 50.8 Å². The monoisotopic (exact) mass is 398 g/mol. The molecule has 2 saturated heterocycles. The van der Waals surface area contributed by atoms with E-state index in [0.29, 0.717) is 5.92 Å². The Morgan fingerprint density at radius 3 is 2.68 bits per heavy atom. The van der Waals surface area contributed by atoms with Crippen molar-refractivity contribution < 1.29 is 4.74 Å². The first-order chi connectivity index (χ1) is 13.8. The van der Waals surface area contributed by atoms with Crippen molar-refractivity contribution in [3.8, 4) is 0 Å². The van der Waals surface area contributed by atoms with Crippen LogP contribution in [0.2, 0.25) is 0 Å². The number of aliphatic imine (C=N–C) groups is 1. The van der Waals surface area contributed by atoms with Gasteiger partial charge in [-0.1, -0.05) is 30.3 Å². The number of anilines is 1. The fourth-order valence-electron chi connectivity index (χ4n) is 4.05. The standard InChI is InChI=1S/C22H30N4OS/c1-2-23-22(26-13-11-25(12-14-26)20-9-6-16-28-20)24-17-19-10-15-27-21(19)18-7-4-3-5-8-18/h3-9,16,19,21H,2,10-15,17H2,1H3,(H,23,24). The molecule has 150 valence electrons. The van der Waals surface area contributed by atoms with Crippen LogP contribution < -0.4 is 10.2 Å². The highest BCUT2D eigenvalue weighted by atomic mass is 32.1.